The molecule has 0 bridgehead atoms. The van der Waals surface area contributed by atoms with E-state index in [4.69, 9.17) is 4.74 Å². The highest BCUT2D eigenvalue weighted by Crippen LogP contribution is 2.20. The second-order valence-corrected chi connectivity index (χ2v) is 6.54. The van der Waals surface area contributed by atoms with E-state index >= 15 is 0 Å². The Morgan fingerprint density at radius 2 is 1.72 bits per heavy atom. The first-order chi connectivity index (χ1) is 14.2. The van der Waals surface area contributed by atoms with Gasteiger partial charge < -0.3 is 15.2 Å². The Labute approximate surface area is 167 Å². The van der Waals surface area contributed by atoms with Crippen LogP contribution in [0.4, 0.5) is 5.69 Å². The minimum absolute atomic E-state index is 0.0177. The van der Waals surface area contributed by atoms with Crippen molar-refractivity contribution >= 4 is 22.6 Å². The zero-order valence-corrected chi connectivity index (χ0v) is 15.6. The Morgan fingerprint density at radius 3 is 2.59 bits per heavy atom. The van der Waals surface area contributed by atoms with Crippen LogP contribution >= 0.6 is 0 Å². The number of amides is 1. The van der Waals surface area contributed by atoms with Crippen molar-refractivity contribution in [2.45, 2.75) is 12.6 Å². The first-order valence-corrected chi connectivity index (χ1v) is 9.25. The molecule has 0 aliphatic carbocycles. The molecule has 1 aromatic heterocycles. The van der Waals surface area contributed by atoms with Crippen LogP contribution in [0.25, 0.3) is 11.0 Å². The van der Waals surface area contributed by atoms with E-state index in [-0.39, 0.29) is 19.1 Å². The largest absolute Gasteiger partial charge is 0.490 e. The average molecular weight is 388 g/mol. The van der Waals surface area contributed by atoms with Crippen LogP contribution in [0.3, 0.4) is 0 Å². The van der Waals surface area contributed by atoms with Crippen LogP contribution < -0.4 is 10.1 Å². The lowest BCUT2D eigenvalue weighted by molar-refractivity contribution is 0.0877. The maximum absolute atomic E-state index is 12.6. The number of para-hydroxylation sites is 3. The van der Waals surface area contributed by atoms with Gasteiger partial charge in [0, 0.05) is 5.69 Å². The smallest absolute Gasteiger partial charge is 0.259 e. The number of nitrogens with one attached hydrogen (secondary N) is 1. The Balaban J connectivity index is 1.41. The van der Waals surface area contributed by atoms with E-state index in [0.29, 0.717) is 17.0 Å². The molecule has 0 radical (unpaired) electrons. The van der Waals surface area contributed by atoms with Crippen molar-refractivity contribution in [1.82, 2.24) is 15.0 Å². The maximum atomic E-state index is 12.6. The summed E-state index contributed by atoms with van der Waals surface area (Å²) < 4.78 is 7.38. The van der Waals surface area contributed by atoms with Gasteiger partial charge in [0.25, 0.3) is 5.91 Å². The summed E-state index contributed by atoms with van der Waals surface area (Å²) in [4.78, 5) is 12.6. The van der Waals surface area contributed by atoms with Crippen molar-refractivity contribution in [2.24, 2.45) is 0 Å². The normalized spacial score (nSPS) is 11.9. The van der Waals surface area contributed by atoms with Gasteiger partial charge >= 0.3 is 0 Å². The van der Waals surface area contributed by atoms with Gasteiger partial charge in [-0.1, -0.05) is 47.7 Å². The molecule has 1 atom stereocenters. The lowest BCUT2D eigenvalue weighted by Gasteiger charge is -2.15. The van der Waals surface area contributed by atoms with Gasteiger partial charge in [0.1, 0.15) is 24.0 Å². The second-order valence-electron chi connectivity index (χ2n) is 6.54. The fourth-order valence-corrected chi connectivity index (χ4v) is 2.99. The minimum Gasteiger partial charge on any atom is -0.490 e. The fraction of sp³-hybridized carbons (Fsp3) is 0.136. The Kier molecular flexibility index (Phi) is 5.49. The monoisotopic (exact) mass is 388 g/mol. The minimum atomic E-state index is -0.814. The van der Waals surface area contributed by atoms with Crippen molar-refractivity contribution in [2.75, 3.05) is 11.9 Å². The zero-order chi connectivity index (χ0) is 20.1. The van der Waals surface area contributed by atoms with Gasteiger partial charge in [-0.25, -0.2) is 4.68 Å². The van der Waals surface area contributed by atoms with E-state index in [0.717, 1.165) is 11.0 Å². The number of aliphatic hydroxyl groups excluding tert-OH is 1. The molecular formula is C22H20N4O3. The number of hydrogen-bond acceptors (Lipinski definition) is 5. The molecule has 0 unspecified atom stereocenters. The molecule has 2 N–H and O–H groups in total. The highest BCUT2D eigenvalue weighted by molar-refractivity contribution is 6.06. The van der Waals surface area contributed by atoms with Gasteiger partial charge in [-0.2, -0.15) is 0 Å². The van der Waals surface area contributed by atoms with Crippen molar-refractivity contribution in [3.63, 3.8) is 0 Å². The molecule has 146 valence electrons. The van der Waals surface area contributed by atoms with Crippen molar-refractivity contribution in [3.8, 4) is 5.75 Å². The SMILES string of the molecule is O=C(Nc1ccccc1)c1ccccc1OC[C@H](O)Cn1nnc2ccccc21. The predicted octanol–water partition coefficient (Wildman–Crippen LogP) is 3.12. The van der Waals surface area contributed by atoms with Crippen LogP contribution in [0.1, 0.15) is 10.4 Å². The number of fused-ring (bicyclic) bond motifs is 1. The summed E-state index contributed by atoms with van der Waals surface area (Å²) in [5, 5.41) is 21.4. The molecule has 29 heavy (non-hydrogen) atoms. The highest BCUT2D eigenvalue weighted by atomic mass is 16.5. The molecule has 4 aromatic rings. The Hall–Kier alpha value is -3.71. The molecular weight excluding hydrogens is 368 g/mol. The summed E-state index contributed by atoms with van der Waals surface area (Å²) >= 11 is 0. The zero-order valence-electron chi connectivity index (χ0n) is 15.6. The van der Waals surface area contributed by atoms with Gasteiger partial charge in [-0.3, -0.25) is 4.79 Å². The number of carbonyl (C=O) groups is 1. The molecule has 0 aliphatic rings. The summed E-state index contributed by atoms with van der Waals surface area (Å²) in [7, 11) is 0. The molecule has 0 spiro atoms. The third-order valence-corrected chi connectivity index (χ3v) is 4.40. The summed E-state index contributed by atoms with van der Waals surface area (Å²) in [5.74, 6) is 0.131. The number of ether oxygens (including phenoxy) is 1. The van der Waals surface area contributed by atoms with E-state index in [1.165, 1.54) is 0 Å². The average Bonchev–Trinajstić information content (AvgIpc) is 3.16. The summed E-state index contributed by atoms with van der Waals surface area (Å²) in [6, 6.07) is 23.7. The number of anilines is 1. The van der Waals surface area contributed by atoms with Crippen molar-refractivity contribution < 1.29 is 14.6 Å². The lowest BCUT2D eigenvalue weighted by atomic mass is 10.2. The topological polar surface area (TPSA) is 89.3 Å². The molecule has 7 nitrogen and oxygen atoms in total. The van der Waals surface area contributed by atoms with Crippen molar-refractivity contribution in [1.29, 1.82) is 0 Å². The van der Waals surface area contributed by atoms with Gasteiger partial charge in [0.15, 0.2) is 0 Å². The van der Waals surface area contributed by atoms with Gasteiger partial charge in [0.2, 0.25) is 0 Å². The standard InChI is InChI=1S/C22H20N4O3/c27-17(14-26-20-12-6-5-11-19(20)24-25-26)15-29-21-13-7-4-10-18(21)22(28)23-16-8-2-1-3-9-16/h1-13,17,27H,14-15H2,(H,23,28)/t17-/m1/s1. The van der Waals surface area contributed by atoms with E-state index < -0.39 is 6.10 Å². The molecule has 0 saturated heterocycles. The first-order valence-electron chi connectivity index (χ1n) is 9.25. The highest BCUT2D eigenvalue weighted by Gasteiger charge is 2.15. The lowest BCUT2D eigenvalue weighted by Crippen LogP contribution is -2.25. The Morgan fingerprint density at radius 1 is 1.00 bits per heavy atom. The van der Waals surface area contributed by atoms with Crippen molar-refractivity contribution in [3.05, 3.63) is 84.4 Å². The molecule has 0 aliphatic heterocycles. The predicted molar refractivity (Wildman–Crippen MR) is 110 cm³/mol. The first kappa shape index (κ1) is 18.6. The quantitative estimate of drug-likeness (QED) is 0.508. The van der Waals surface area contributed by atoms with Gasteiger partial charge in [-0.15, -0.1) is 5.10 Å². The molecule has 0 fully saturated rings. The number of nitrogens with zero attached hydrogens (tertiary/aromatic N) is 3. The van der Waals surface area contributed by atoms with E-state index in [1.807, 2.05) is 54.6 Å². The number of benzene rings is 3. The van der Waals surface area contributed by atoms with E-state index in [9.17, 15) is 9.90 Å². The molecule has 1 heterocycles. The number of aliphatic hydroxyl groups is 1. The number of carbonyl (C=O) groups excluding carboxylic acids is 1. The van der Waals surface area contributed by atoms with Gasteiger partial charge in [-0.05, 0) is 36.4 Å². The molecule has 1 amide bonds. The third kappa shape index (κ3) is 4.41. The Bertz CT molecular complexity index is 1110. The third-order valence-electron chi connectivity index (χ3n) is 4.40. The maximum Gasteiger partial charge on any atom is 0.259 e. The molecule has 3 aromatic carbocycles. The summed E-state index contributed by atoms with van der Waals surface area (Å²) in [5.41, 5.74) is 2.71. The van der Waals surface area contributed by atoms with E-state index in [1.54, 1.807) is 28.9 Å². The second kappa shape index (κ2) is 8.53. The summed E-state index contributed by atoms with van der Waals surface area (Å²) in [6.45, 7) is 0.253. The van der Waals surface area contributed by atoms with Crippen LogP contribution in [0.5, 0.6) is 5.75 Å². The number of aromatic nitrogens is 3. The van der Waals surface area contributed by atoms with Crippen LogP contribution in [0.2, 0.25) is 0 Å². The van der Waals surface area contributed by atoms with Gasteiger partial charge in [0.05, 0.1) is 17.6 Å². The molecule has 0 saturated carbocycles. The van der Waals surface area contributed by atoms with Crippen LogP contribution in [-0.2, 0) is 6.54 Å². The van der Waals surface area contributed by atoms with Crippen LogP contribution in [-0.4, -0.2) is 38.7 Å². The van der Waals surface area contributed by atoms with E-state index in [2.05, 4.69) is 15.6 Å². The van der Waals surface area contributed by atoms with Crippen LogP contribution in [0.15, 0.2) is 78.9 Å². The number of hydrogen-bond donors (Lipinski definition) is 2. The fourth-order valence-electron chi connectivity index (χ4n) is 2.99. The molecule has 4 rings (SSSR count). The number of rotatable bonds is 7. The summed E-state index contributed by atoms with van der Waals surface area (Å²) in [6.07, 6.45) is -0.814. The molecule has 7 heteroatoms. The van der Waals surface area contributed by atoms with Crippen LogP contribution in [0, 0.1) is 0 Å².